The number of aromatic amines is 1. The van der Waals surface area contributed by atoms with Gasteiger partial charge in [-0.3, -0.25) is 14.5 Å². The zero-order valence-electron chi connectivity index (χ0n) is 15.0. The number of likely N-dealkylation sites (tertiary alicyclic amines) is 1. The second-order valence-corrected chi connectivity index (χ2v) is 7.78. The van der Waals surface area contributed by atoms with Crippen molar-refractivity contribution in [2.45, 2.75) is 25.3 Å². The van der Waals surface area contributed by atoms with Crippen molar-refractivity contribution in [2.24, 2.45) is 0 Å². The predicted octanol–water partition coefficient (Wildman–Crippen LogP) is 2.48. The zero-order valence-corrected chi connectivity index (χ0v) is 15.8. The molecular weight excluding hydrogens is 360 g/mol. The Labute approximate surface area is 161 Å². The van der Waals surface area contributed by atoms with Crippen molar-refractivity contribution in [3.05, 3.63) is 62.7 Å². The van der Waals surface area contributed by atoms with Gasteiger partial charge in [0.15, 0.2) is 0 Å². The molecule has 0 spiro atoms. The number of amides is 1. The average Bonchev–Trinajstić information content (AvgIpc) is 3.39. The number of thiophene rings is 1. The molecule has 3 aromatic rings. The predicted molar refractivity (Wildman–Crippen MR) is 107 cm³/mol. The number of carbonyl (C=O) groups excluding carboxylic acids is 1. The van der Waals surface area contributed by atoms with Crippen LogP contribution in [0.15, 0.2) is 46.6 Å². The van der Waals surface area contributed by atoms with E-state index in [-0.39, 0.29) is 23.9 Å². The number of aromatic nitrogens is 2. The molecule has 1 amide bonds. The Morgan fingerprint density at radius 3 is 2.70 bits per heavy atom. The van der Waals surface area contributed by atoms with Gasteiger partial charge in [-0.2, -0.15) is 5.10 Å². The van der Waals surface area contributed by atoms with Gasteiger partial charge in [0.1, 0.15) is 0 Å². The van der Waals surface area contributed by atoms with E-state index < -0.39 is 0 Å². The average molecular weight is 382 g/mol. The number of hydrogen-bond donors (Lipinski definition) is 2. The van der Waals surface area contributed by atoms with Crippen LogP contribution in [0.4, 0.5) is 0 Å². The molecule has 1 atom stereocenters. The molecule has 7 heteroatoms. The highest BCUT2D eigenvalue weighted by Crippen LogP contribution is 2.27. The van der Waals surface area contributed by atoms with Crippen molar-refractivity contribution >= 4 is 28.0 Å². The van der Waals surface area contributed by atoms with Gasteiger partial charge in [-0.1, -0.05) is 24.3 Å². The summed E-state index contributed by atoms with van der Waals surface area (Å²) in [6.07, 6.45) is 2.57. The Kier molecular flexibility index (Phi) is 5.31. The second kappa shape index (κ2) is 8.02. The van der Waals surface area contributed by atoms with Crippen LogP contribution < -0.4 is 10.9 Å². The molecule has 0 aliphatic carbocycles. The normalized spacial score (nSPS) is 15.9. The van der Waals surface area contributed by atoms with Gasteiger partial charge in [0, 0.05) is 16.8 Å². The summed E-state index contributed by atoms with van der Waals surface area (Å²) < 4.78 is 0. The van der Waals surface area contributed by atoms with Crippen molar-refractivity contribution < 1.29 is 4.79 Å². The first-order valence-electron chi connectivity index (χ1n) is 9.23. The number of carbonyl (C=O) groups is 1. The summed E-state index contributed by atoms with van der Waals surface area (Å²) in [6, 6.07) is 11.7. The van der Waals surface area contributed by atoms with E-state index >= 15 is 0 Å². The van der Waals surface area contributed by atoms with Crippen molar-refractivity contribution in [1.29, 1.82) is 0 Å². The number of rotatable bonds is 6. The number of hydrogen-bond acceptors (Lipinski definition) is 5. The molecular formula is C20H22N4O2S. The molecule has 0 unspecified atom stereocenters. The molecule has 1 fully saturated rings. The Hall–Kier alpha value is -2.51. The summed E-state index contributed by atoms with van der Waals surface area (Å²) >= 11 is 1.73. The van der Waals surface area contributed by atoms with Gasteiger partial charge >= 0.3 is 0 Å². The van der Waals surface area contributed by atoms with Gasteiger partial charge in [-0.15, -0.1) is 11.3 Å². The molecule has 2 aromatic heterocycles. The van der Waals surface area contributed by atoms with Crippen LogP contribution in [0.3, 0.4) is 0 Å². The van der Waals surface area contributed by atoms with E-state index in [1.54, 1.807) is 17.4 Å². The zero-order chi connectivity index (χ0) is 18.6. The number of H-pyrrole nitrogens is 1. The van der Waals surface area contributed by atoms with Crippen LogP contribution in [0.25, 0.3) is 10.8 Å². The van der Waals surface area contributed by atoms with E-state index in [2.05, 4.69) is 37.9 Å². The Balaban J connectivity index is 1.46. The number of fused-ring (bicyclic) bond motifs is 1. The lowest BCUT2D eigenvalue weighted by molar-refractivity contribution is -0.120. The highest BCUT2D eigenvalue weighted by Gasteiger charge is 2.24. The molecule has 1 aliphatic rings. The highest BCUT2D eigenvalue weighted by molar-refractivity contribution is 7.10. The first kappa shape index (κ1) is 17.9. The molecule has 1 aromatic carbocycles. The molecule has 1 aliphatic heterocycles. The summed E-state index contributed by atoms with van der Waals surface area (Å²) in [6.45, 7) is 2.73. The minimum atomic E-state index is -0.235. The lowest BCUT2D eigenvalue weighted by Crippen LogP contribution is -2.37. The van der Waals surface area contributed by atoms with Gasteiger partial charge < -0.3 is 5.32 Å². The largest absolute Gasteiger partial charge is 0.354 e. The molecule has 0 saturated carbocycles. The van der Waals surface area contributed by atoms with Crippen LogP contribution in [0.1, 0.15) is 29.5 Å². The summed E-state index contributed by atoms with van der Waals surface area (Å²) in [5.74, 6) is -0.0829. The lowest BCUT2D eigenvalue weighted by Gasteiger charge is -2.26. The van der Waals surface area contributed by atoms with E-state index in [1.807, 2.05) is 18.2 Å². The summed E-state index contributed by atoms with van der Waals surface area (Å²) in [5, 5.41) is 13.0. The minimum absolute atomic E-state index is 0.0829. The number of nitrogens with one attached hydrogen (secondary N) is 2. The van der Waals surface area contributed by atoms with Crippen LogP contribution in [0, 0.1) is 0 Å². The molecule has 27 heavy (non-hydrogen) atoms. The van der Waals surface area contributed by atoms with E-state index in [0.29, 0.717) is 17.6 Å². The number of benzene rings is 1. The fourth-order valence-electron chi connectivity index (χ4n) is 3.68. The minimum Gasteiger partial charge on any atom is -0.354 e. The maximum absolute atomic E-state index is 12.6. The maximum Gasteiger partial charge on any atom is 0.272 e. The fraction of sp³-hybridized carbons (Fsp3) is 0.350. The van der Waals surface area contributed by atoms with Crippen LogP contribution in [-0.2, 0) is 11.2 Å². The van der Waals surface area contributed by atoms with Crippen LogP contribution in [0.2, 0.25) is 0 Å². The molecule has 6 nitrogen and oxygen atoms in total. The molecule has 3 heterocycles. The van der Waals surface area contributed by atoms with Gasteiger partial charge in [0.05, 0.1) is 23.5 Å². The van der Waals surface area contributed by atoms with Gasteiger partial charge in [-0.25, -0.2) is 5.10 Å². The summed E-state index contributed by atoms with van der Waals surface area (Å²) in [7, 11) is 0. The summed E-state index contributed by atoms with van der Waals surface area (Å²) in [5.41, 5.74) is 0.359. The first-order valence-corrected chi connectivity index (χ1v) is 10.1. The topological polar surface area (TPSA) is 78.1 Å². The van der Waals surface area contributed by atoms with Gasteiger partial charge in [0.25, 0.3) is 5.56 Å². The molecule has 4 rings (SSSR count). The Bertz CT molecular complexity index is 977. The molecule has 0 bridgehead atoms. The third kappa shape index (κ3) is 3.94. The van der Waals surface area contributed by atoms with Crippen molar-refractivity contribution in [3.63, 3.8) is 0 Å². The maximum atomic E-state index is 12.6. The standard InChI is InChI=1S/C20H22N4O2S/c25-19(12-16-14-6-1-2-7-15(14)20(26)23-22-16)21-13-17(18-8-5-11-27-18)24-9-3-4-10-24/h1-2,5-8,11,17H,3-4,9-10,12-13H2,(H,21,25)(H,23,26)/t17-/m0/s1. The Morgan fingerprint density at radius 1 is 1.19 bits per heavy atom. The monoisotopic (exact) mass is 382 g/mol. The third-order valence-corrected chi connectivity index (χ3v) is 6.02. The smallest absolute Gasteiger partial charge is 0.272 e. The fourth-order valence-corrected chi connectivity index (χ4v) is 4.54. The van der Waals surface area contributed by atoms with Gasteiger partial charge in [-0.05, 0) is 43.4 Å². The first-order chi connectivity index (χ1) is 13.2. The highest BCUT2D eigenvalue weighted by atomic mass is 32.1. The van der Waals surface area contributed by atoms with Crippen LogP contribution in [-0.4, -0.2) is 40.6 Å². The van der Waals surface area contributed by atoms with Crippen molar-refractivity contribution in [3.8, 4) is 0 Å². The quantitative estimate of drug-likeness (QED) is 0.687. The number of nitrogens with zero attached hydrogens (tertiary/aromatic N) is 2. The van der Waals surface area contributed by atoms with Gasteiger partial charge in [0.2, 0.25) is 5.91 Å². The van der Waals surface area contributed by atoms with Crippen LogP contribution in [0.5, 0.6) is 0 Å². The summed E-state index contributed by atoms with van der Waals surface area (Å²) in [4.78, 5) is 28.2. The molecule has 2 N–H and O–H groups in total. The molecule has 1 saturated heterocycles. The molecule has 140 valence electrons. The Morgan fingerprint density at radius 2 is 1.96 bits per heavy atom. The SMILES string of the molecule is O=C(Cc1n[nH]c(=O)c2ccccc12)NC[C@@H](c1cccs1)N1CCCC1. The lowest BCUT2D eigenvalue weighted by atomic mass is 10.1. The van der Waals surface area contributed by atoms with Crippen molar-refractivity contribution in [2.75, 3.05) is 19.6 Å². The van der Waals surface area contributed by atoms with E-state index in [1.165, 1.54) is 17.7 Å². The van der Waals surface area contributed by atoms with Crippen LogP contribution >= 0.6 is 11.3 Å². The van der Waals surface area contributed by atoms with Crippen molar-refractivity contribution in [1.82, 2.24) is 20.4 Å². The van der Waals surface area contributed by atoms with E-state index in [0.717, 1.165) is 18.5 Å². The van der Waals surface area contributed by atoms with E-state index in [9.17, 15) is 9.59 Å². The molecule has 0 radical (unpaired) electrons. The second-order valence-electron chi connectivity index (χ2n) is 6.80. The third-order valence-electron chi connectivity index (χ3n) is 5.05. The van der Waals surface area contributed by atoms with E-state index in [4.69, 9.17) is 0 Å².